The fourth-order valence-electron chi connectivity index (χ4n) is 8.84. The Hall–Kier alpha value is -7.31. The van der Waals surface area contributed by atoms with Crippen LogP contribution in [0.3, 0.4) is 0 Å². The largest absolute Gasteiger partial charge is 0.309 e. The third kappa shape index (κ3) is 4.72. The molecule has 0 amide bonds. The van der Waals surface area contributed by atoms with Gasteiger partial charge in [0.05, 0.1) is 33.6 Å². The van der Waals surface area contributed by atoms with Gasteiger partial charge in [-0.1, -0.05) is 153 Å². The van der Waals surface area contributed by atoms with Gasteiger partial charge in [0.1, 0.15) is 0 Å². The van der Waals surface area contributed by atoms with Gasteiger partial charge < -0.3 is 9.47 Å². The van der Waals surface area contributed by atoms with Gasteiger partial charge in [-0.3, -0.25) is 4.57 Å². The number of rotatable bonds is 5. The Labute approximate surface area is 324 Å². The van der Waals surface area contributed by atoms with Gasteiger partial charge in [-0.05, 0) is 48.0 Å². The number of anilines is 3. The van der Waals surface area contributed by atoms with E-state index >= 15 is 0 Å². The van der Waals surface area contributed by atoms with Gasteiger partial charge in [-0.2, -0.15) is 9.97 Å². The van der Waals surface area contributed by atoms with E-state index < -0.39 is 0 Å². The number of para-hydroxylation sites is 4. The van der Waals surface area contributed by atoms with Gasteiger partial charge in [0.25, 0.3) is 0 Å². The maximum atomic E-state index is 5.31. The number of benzene rings is 7. The van der Waals surface area contributed by atoms with Crippen molar-refractivity contribution >= 4 is 49.8 Å². The third-order valence-electron chi connectivity index (χ3n) is 11.3. The highest BCUT2D eigenvalue weighted by atomic mass is 15.2. The highest BCUT2D eigenvalue weighted by Crippen LogP contribution is 2.57. The van der Waals surface area contributed by atoms with E-state index in [1.54, 1.807) is 0 Å². The summed E-state index contributed by atoms with van der Waals surface area (Å²) in [6, 6.07) is 64.0. The number of aromatic nitrogens is 5. The lowest BCUT2D eigenvalue weighted by molar-refractivity contribution is 0.598. The molecule has 0 saturated carbocycles. The van der Waals surface area contributed by atoms with E-state index in [4.69, 9.17) is 15.0 Å². The highest BCUT2D eigenvalue weighted by Gasteiger charge is 2.42. The average Bonchev–Trinajstić information content (AvgIpc) is 3.79. The van der Waals surface area contributed by atoms with E-state index in [0.717, 1.165) is 55.2 Å². The van der Waals surface area contributed by atoms with E-state index in [9.17, 15) is 0 Å². The molecule has 6 heteroatoms. The van der Waals surface area contributed by atoms with E-state index in [0.29, 0.717) is 17.6 Å². The number of nitrogens with zero attached hydrogens (tertiary/aromatic N) is 6. The van der Waals surface area contributed by atoms with Crippen LogP contribution in [0.5, 0.6) is 0 Å². The van der Waals surface area contributed by atoms with Crippen LogP contribution < -0.4 is 4.90 Å². The van der Waals surface area contributed by atoms with Crippen LogP contribution in [-0.2, 0) is 5.41 Å². The maximum Gasteiger partial charge on any atom is 0.238 e. The molecule has 10 aromatic rings. The molecule has 11 rings (SSSR count). The standard InChI is InChI=1S/C50H36N6/c1-50(2)40-28-16-18-30-42(40)54(35-23-11-5-12-24-35)45-39-32-31-38-37-27-15-17-29-41(37)56(43(38)44(39)55(46(45)50)36-25-13-6-14-26-36)49-52-47(33-19-7-3-8-20-33)51-48(53-49)34-21-9-4-10-22-34/h3-32H,1-2H3. The molecule has 0 atom stereocenters. The lowest BCUT2D eigenvalue weighted by Gasteiger charge is -2.41. The molecule has 0 aliphatic carbocycles. The molecule has 0 radical (unpaired) electrons. The van der Waals surface area contributed by atoms with Crippen molar-refractivity contribution in [2.24, 2.45) is 0 Å². The SMILES string of the molecule is CC1(C)c2ccccc2N(c2ccccc2)c2c1n(-c1ccccc1)c1c2ccc2c3ccccc3n(-c3nc(-c4ccccc4)nc(-c4ccccc4)n3)c21. The zero-order chi connectivity index (χ0) is 37.4. The first-order valence-corrected chi connectivity index (χ1v) is 19.1. The minimum atomic E-state index is -0.372. The molecule has 4 heterocycles. The van der Waals surface area contributed by atoms with Crippen molar-refractivity contribution in [2.45, 2.75) is 19.3 Å². The third-order valence-corrected chi connectivity index (χ3v) is 11.3. The van der Waals surface area contributed by atoms with Crippen LogP contribution in [-0.4, -0.2) is 24.1 Å². The molecule has 1 aliphatic heterocycles. The van der Waals surface area contributed by atoms with Crippen LogP contribution in [0, 0.1) is 0 Å². The van der Waals surface area contributed by atoms with Gasteiger partial charge >= 0.3 is 0 Å². The minimum absolute atomic E-state index is 0.372. The number of fused-ring (bicyclic) bond motifs is 8. The number of hydrogen-bond donors (Lipinski definition) is 0. The maximum absolute atomic E-state index is 5.31. The van der Waals surface area contributed by atoms with Crippen molar-refractivity contribution in [3.8, 4) is 34.4 Å². The van der Waals surface area contributed by atoms with E-state index in [1.165, 1.54) is 22.6 Å². The predicted molar refractivity (Wildman–Crippen MR) is 229 cm³/mol. The van der Waals surface area contributed by atoms with Crippen molar-refractivity contribution in [3.63, 3.8) is 0 Å². The van der Waals surface area contributed by atoms with Gasteiger partial charge in [-0.25, -0.2) is 4.98 Å². The molecule has 0 unspecified atom stereocenters. The van der Waals surface area contributed by atoms with E-state index in [-0.39, 0.29) is 5.41 Å². The Morgan fingerprint density at radius 1 is 0.429 bits per heavy atom. The predicted octanol–water partition coefficient (Wildman–Crippen LogP) is 12.4. The molecule has 3 aromatic heterocycles. The molecule has 0 bridgehead atoms. The molecule has 6 nitrogen and oxygen atoms in total. The summed E-state index contributed by atoms with van der Waals surface area (Å²) < 4.78 is 4.77. The molecule has 0 saturated heterocycles. The molecule has 56 heavy (non-hydrogen) atoms. The first kappa shape index (κ1) is 32.1. The summed E-state index contributed by atoms with van der Waals surface area (Å²) in [7, 11) is 0. The molecule has 0 fully saturated rings. The summed E-state index contributed by atoms with van der Waals surface area (Å²) >= 11 is 0. The Morgan fingerprint density at radius 2 is 0.946 bits per heavy atom. The zero-order valence-electron chi connectivity index (χ0n) is 31.0. The van der Waals surface area contributed by atoms with Crippen LogP contribution in [0.15, 0.2) is 182 Å². The van der Waals surface area contributed by atoms with Crippen LogP contribution in [0.25, 0.3) is 67.1 Å². The second-order valence-corrected chi connectivity index (χ2v) is 14.9. The Morgan fingerprint density at radius 3 is 1.61 bits per heavy atom. The second-order valence-electron chi connectivity index (χ2n) is 14.9. The molecule has 7 aromatic carbocycles. The van der Waals surface area contributed by atoms with Crippen LogP contribution >= 0.6 is 0 Å². The second kappa shape index (κ2) is 12.4. The monoisotopic (exact) mass is 720 g/mol. The highest BCUT2D eigenvalue weighted by molar-refractivity contribution is 6.21. The van der Waals surface area contributed by atoms with Gasteiger partial charge in [-0.15, -0.1) is 0 Å². The van der Waals surface area contributed by atoms with Crippen LogP contribution in [0.2, 0.25) is 0 Å². The van der Waals surface area contributed by atoms with Gasteiger partial charge in [0.15, 0.2) is 11.6 Å². The summed E-state index contributed by atoms with van der Waals surface area (Å²) in [6.07, 6.45) is 0. The van der Waals surface area contributed by atoms with Gasteiger partial charge in [0, 0.05) is 44.1 Å². The summed E-state index contributed by atoms with van der Waals surface area (Å²) in [6.45, 7) is 4.73. The lowest BCUT2D eigenvalue weighted by Crippen LogP contribution is -2.32. The molecule has 0 spiro atoms. The molecule has 266 valence electrons. The topological polar surface area (TPSA) is 51.8 Å². The molecule has 0 N–H and O–H groups in total. The first-order valence-electron chi connectivity index (χ1n) is 19.1. The number of hydrogen-bond acceptors (Lipinski definition) is 4. The van der Waals surface area contributed by atoms with Crippen molar-refractivity contribution in [1.82, 2.24) is 24.1 Å². The summed E-state index contributed by atoms with van der Waals surface area (Å²) in [5, 5.41) is 3.41. The quantitative estimate of drug-likeness (QED) is 0.178. The van der Waals surface area contributed by atoms with Crippen molar-refractivity contribution in [3.05, 3.63) is 193 Å². The Kier molecular flexibility index (Phi) is 7.10. The summed E-state index contributed by atoms with van der Waals surface area (Å²) in [4.78, 5) is 18.1. The van der Waals surface area contributed by atoms with Crippen molar-refractivity contribution < 1.29 is 0 Å². The Balaban J connectivity index is 1.34. The fourth-order valence-corrected chi connectivity index (χ4v) is 8.84. The average molecular weight is 721 g/mol. The Bertz CT molecular complexity index is 3030. The normalized spacial score (nSPS) is 13.3. The molecule has 1 aliphatic rings. The zero-order valence-corrected chi connectivity index (χ0v) is 31.0. The van der Waals surface area contributed by atoms with E-state index in [1.807, 2.05) is 36.4 Å². The minimum Gasteiger partial charge on any atom is -0.309 e. The van der Waals surface area contributed by atoms with Crippen molar-refractivity contribution in [1.29, 1.82) is 0 Å². The first-order chi connectivity index (χ1) is 27.6. The lowest BCUT2D eigenvalue weighted by atomic mass is 9.76. The smallest absolute Gasteiger partial charge is 0.238 e. The molecular weight excluding hydrogens is 685 g/mol. The van der Waals surface area contributed by atoms with Crippen LogP contribution in [0.1, 0.15) is 25.1 Å². The van der Waals surface area contributed by atoms with E-state index in [2.05, 4.69) is 173 Å². The van der Waals surface area contributed by atoms with Crippen molar-refractivity contribution in [2.75, 3.05) is 4.90 Å². The fraction of sp³-hybridized carbons (Fsp3) is 0.0600. The van der Waals surface area contributed by atoms with Crippen LogP contribution in [0.4, 0.5) is 17.1 Å². The summed E-state index contributed by atoms with van der Waals surface area (Å²) in [5.74, 6) is 1.81. The van der Waals surface area contributed by atoms with Gasteiger partial charge in [0.2, 0.25) is 5.95 Å². The summed E-state index contributed by atoms with van der Waals surface area (Å²) in [5.41, 5.74) is 11.7. The molecular formula is C50H36N6.